The third kappa shape index (κ3) is 3.62. The van der Waals surface area contributed by atoms with Gasteiger partial charge in [0, 0.05) is 27.3 Å². The molecule has 0 N–H and O–H groups in total. The summed E-state index contributed by atoms with van der Waals surface area (Å²) in [6.07, 6.45) is 0. The van der Waals surface area contributed by atoms with Crippen LogP contribution in [0, 0.1) is 0 Å². The van der Waals surface area contributed by atoms with Crippen LogP contribution in [-0.2, 0) is 5.41 Å². The van der Waals surface area contributed by atoms with Gasteiger partial charge in [-0.3, -0.25) is 4.57 Å². The van der Waals surface area contributed by atoms with E-state index in [0.717, 1.165) is 22.2 Å². The first kappa shape index (κ1) is 27.5. The van der Waals surface area contributed by atoms with Crippen molar-refractivity contribution in [2.75, 3.05) is 0 Å². The Bertz CT molecular complexity index is 2900. The molecule has 9 aromatic rings. The summed E-state index contributed by atoms with van der Waals surface area (Å²) in [7, 11) is 0. The van der Waals surface area contributed by atoms with Gasteiger partial charge in [-0.1, -0.05) is 141 Å². The van der Waals surface area contributed by atoms with E-state index in [4.69, 9.17) is 15.0 Å². The van der Waals surface area contributed by atoms with Crippen molar-refractivity contribution >= 4 is 32.6 Å². The Morgan fingerprint density at radius 2 is 1.04 bits per heavy atom. The monoisotopic (exact) mass is 638 g/mol. The van der Waals surface area contributed by atoms with Crippen LogP contribution in [-0.4, -0.2) is 19.5 Å². The highest BCUT2D eigenvalue weighted by Crippen LogP contribution is 2.51. The van der Waals surface area contributed by atoms with E-state index >= 15 is 0 Å². The van der Waals surface area contributed by atoms with E-state index in [1.54, 1.807) is 0 Å². The quantitative estimate of drug-likeness (QED) is 0.193. The van der Waals surface area contributed by atoms with Gasteiger partial charge < -0.3 is 0 Å². The first-order valence-corrected chi connectivity index (χ1v) is 17.2. The average Bonchev–Trinajstić information content (AvgIpc) is 3.58. The fourth-order valence-corrected chi connectivity index (χ4v) is 8.71. The summed E-state index contributed by atoms with van der Waals surface area (Å²) in [5.74, 6) is 1.92. The van der Waals surface area contributed by atoms with Gasteiger partial charge >= 0.3 is 0 Å². The number of hydrogen-bond acceptors (Lipinski definition) is 3. The topological polar surface area (TPSA) is 43.6 Å². The molecule has 11 rings (SSSR count). The second-order valence-corrected chi connectivity index (χ2v) is 14.0. The Labute approximate surface area is 289 Å². The molecule has 7 aromatic carbocycles. The van der Waals surface area contributed by atoms with Gasteiger partial charge in [0.1, 0.15) is 0 Å². The number of nitrogens with zero attached hydrogens (tertiary/aromatic N) is 4. The van der Waals surface area contributed by atoms with Gasteiger partial charge in [-0.05, 0) is 73.5 Å². The van der Waals surface area contributed by atoms with Gasteiger partial charge in [-0.25, -0.2) is 4.98 Å². The van der Waals surface area contributed by atoms with Gasteiger partial charge in [0.05, 0.1) is 11.0 Å². The fraction of sp³-hybridized carbons (Fsp3) is 0.0652. The Hall–Kier alpha value is -6.39. The Morgan fingerprint density at radius 3 is 1.84 bits per heavy atom. The number of rotatable bonds is 3. The lowest BCUT2D eigenvalue weighted by atomic mass is 9.82. The van der Waals surface area contributed by atoms with Gasteiger partial charge in [0.15, 0.2) is 11.6 Å². The molecule has 0 radical (unpaired) electrons. The molecule has 50 heavy (non-hydrogen) atoms. The summed E-state index contributed by atoms with van der Waals surface area (Å²) in [5, 5.41) is 4.96. The first-order chi connectivity index (χ1) is 24.6. The minimum Gasteiger partial charge on any atom is -0.278 e. The molecule has 2 aliphatic carbocycles. The zero-order chi connectivity index (χ0) is 33.1. The molecule has 0 bridgehead atoms. The lowest BCUT2D eigenvalue weighted by Crippen LogP contribution is -2.14. The van der Waals surface area contributed by atoms with Crippen LogP contribution in [0.15, 0.2) is 146 Å². The highest BCUT2D eigenvalue weighted by molar-refractivity contribution is 6.30. The van der Waals surface area contributed by atoms with E-state index in [-0.39, 0.29) is 5.41 Å². The zero-order valence-electron chi connectivity index (χ0n) is 27.6. The molecule has 0 saturated carbocycles. The van der Waals surface area contributed by atoms with Gasteiger partial charge in [-0.2, -0.15) is 9.97 Å². The molecular formula is C46H30N4. The highest BCUT2D eigenvalue weighted by Gasteiger charge is 2.35. The summed E-state index contributed by atoms with van der Waals surface area (Å²) >= 11 is 0. The van der Waals surface area contributed by atoms with Crippen molar-refractivity contribution in [2.24, 2.45) is 0 Å². The molecule has 2 heterocycles. The van der Waals surface area contributed by atoms with E-state index in [1.807, 2.05) is 18.2 Å². The SMILES string of the molecule is CC1(C)c2ccccc2-c2cc(-c3nc(-c4ccccc4)nc(-n4c5cccc6c5c5c7c(cccc7ccc54)-c4ccccc4-6)n3)ccc21. The number of fused-ring (bicyclic) bond motifs is 6. The lowest BCUT2D eigenvalue weighted by Gasteiger charge is -2.21. The van der Waals surface area contributed by atoms with E-state index in [1.165, 1.54) is 66.1 Å². The van der Waals surface area contributed by atoms with Crippen LogP contribution in [0.5, 0.6) is 0 Å². The Morgan fingerprint density at radius 1 is 0.420 bits per heavy atom. The second-order valence-electron chi connectivity index (χ2n) is 14.0. The second kappa shape index (κ2) is 9.83. The summed E-state index contributed by atoms with van der Waals surface area (Å²) in [5.41, 5.74) is 14.2. The molecule has 2 aromatic heterocycles. The average molecular weight is 639 g/mol. The van der Waals surface area contributed by atoms with Crippen molar-refractivity contribution in [3.8, 4) is 62.1 Å². The molecule has 0 amide bonds. The van der Waals surface area contributed by atoms with Gasteiger partial charge in [0.2, 0.25) is 5.95 Å². The van der Waals surface area contributed by atoms with Crippen molar-refractivity contribution in [1.82, 2.24) is 19.5 Å². The fourth-order valence-electron chi connectivity index (χ4n) is 8.71. The minimum atomic E-state index is -0.0736. The van der Waals surface area contributed by atoms with Crippen molar-refractivity contribution in [1.29, 1.82) is 0 Å². The van der Waals surface area contributed by atoms with Crippen molar-refractivity contribution in [3.05, 3.63) is 157 Å². The smallest absolute Gasteiger partial charge is 0.238 e. The molecule has 0 unspecified atom stereocenters. The number of hydrogen-bond donors (Lipinski definition) is 0. The van der Waals surface area contributed by atoms with E-state index in [0.29, 0.717) is 17.6 Å². The minimum absolute atomic E-state index is 0.0736. The highest BCUT2D eigenvalue weighted by atomic mass is 15.2. The van der Waals surface area contributed by atoms with Crippen LogP contribution >= 0.6 is 0 Å². The molecule has 0 aliphatic heterocycles. The van der Waals surface area contributed by atoms with Crippen molar-refractivity contribution in [3.63, 3.8) is 0 Å². The van der Waals surface area contributed by atoms with Gasteiger partial charge in [0.25, 0.3) is 0 Å². The largest absolute Gasteiger partial charge is 0.278 e. The zero-order valence-corrected chi connectivity index (χ0v) is 27.6. The Kier molecular flexibility index (Phi) is 5.42. The number of benzene rings is 7. The molecule has 0 saturated heterocycles. The third-order valence-electron chi connectivity index (χ3n) is 11.0. The summed E-state index contributed by atoms with van der Waals surface area (Å²) in [4.78, 5) is 15.7. The molecule has 0 fully saturated rings. The van der Waals surface area contributed by atoms with Crippen molar-refractivity contribution < 1.29 is 0 Å². The summed E-state index contributed by atoms with van der Waals surface area (Å²) in [6, 6.07) is 52.3. The predicted octanol–water partition coefficient (Wildman–Crippen LogP) is 11.4. The van der Waals surface area contributed by atoms with E-state index < -0.39 is 0 Å². The maximum absolute atomic E-state index is 5.32. The van der Waals surface area contributed by atoms with E-state index in [2.05, 4.69) is 146 Å². The van der Waals surface area contributed by atoms with Crippen LogP contribution in [0.3, 0.4) is 0 Å². The Balaban J connectivity index is 1.23. The summed E-state index contributed by atoms with van der Waals surface area (Å²) < 4.78 is 2.25. The molecule has 4 heteroatoms. The normalized spacial score (nSPS) is 13.6. The molecule has 4 nitrogen and oxygen atoms in total. The predicted molar refractivity (Wildman–Crippen MR) is 205 cm³/mol. The maximum atomic E-state index is 5.32. The number of aromatic nitrogens is 4. The molecule has 0 atom stereocenters. The first-order valence-electron chi connectivity index (χ1n) is 17.2. The van der Waals surface area contributed by atoms with Crippen LogP contribution in [0.2, 0.25) is 0 Å². The van der Waals surface area contributed by atoms with Crippen LogP contribution < -0.4 is 0 Å². The maximum Gasteiger partial charge on any atom is 0.238 e. The van der Waals surface area contributed by atoms with Crippen molar-refractivity contribution in [2.45, 2.75) is 19.3 Å². The summed E-state index contributed by atoms with van der Waals surface area (Å²) in [6.45, 7) is 4.62. The molecule has 0 spiro atoms. The van der Waals surface area contributed by atoms with Crippen LogP contribution in [0.1, 0.15) is 25.0 Å². The standard InChI is InChI=1S/C46H30N4/c1-46(2)36-20-9-8-17-32(36)35-26-29(22-24-37(35)46)44-47-43(28-12-4-3-5-13-28)48-45(49-44)50-38-21-11-19-34-31-16-7-6-15-30(31)33-18-10-14-27-23-25-39(50)42(40(27)33)41(34)38/h3-26H,1-2H3. The third-order valence-corrected chi connectivity index (χ3v) is 11.0. The van der Waals surface area contributed by atoms with Crippen LogP contribution in [0.25, 0.3) is 94.7 Å². The van der Waals surface area contributed by atoms with Gasteiger partial charge in [-0.15, -0.1) is 0 Å². The molecular weight excluding hydrogens is 609 g/mol. The molecule has 2 aliphatic rings. The van der Waals surface area contributed by atoms with Crippen LogP contribution in [0.4, 0.5) is 0 Å². The lowest BCUT2D eigenvalue weighted by molar-refractivity contribution is 0.660. The van der Waals surface area contributed by atoms with E-state index in [9.17, 15) is 0 Å². The molecule has 234 valence electrons.